The Morgan fingerprint density at radius 2 is 1.90 bits per heavy atom. The first-order valence-electron chi connectivity index (χ1n) is 6.30. The molecule has 1 atom stereocenters. The van der Waals surface area contributed by atoms with Crippen molar-refractivity contribution in [3.05, 3.63) is 28.7 Å². The van der Waals surface area contributed by atoms with Crippen molar-refractivity contribution in [2.75, 3.05) is 20.2 Å². The van der Waals surface area contributed by atoms with Gasteiger partial charge in [0.2, 0.25) is 5.91 Å². The van der Waals surface area contributed by atoms with Gasteiger partial charge < -0.3 is 15.4 Å². The Balaban J connectivity index is 0.00000361. The summed E-state index contributed by atoms with van der Waals surface area (Å²) in [6, 6.07) is 7.15. The summed E-state index contributed by atoms with van der Waals surface area (Å²) in [4.78, 5) is 13.5. The molecule has 0 spiro atoms. The highest BCUT2D eigenvalue weighted by Crippen LogP contribution is 2.15. The lowest BCUT2D eigenvalue weighted by molar-refractivity contribution is -0.132. The molecule has 1 aromatic carbocycles. The number of amides is 1. The van der Waals surface area contributed by atoms with Crippen LogP contribution in [0.15, 0.2) is 28.7 Å². The second kappa shape index (κ2) is 9.21. The van der Waals surface area contributed by atoms with Crippen LogP contribution in [0.25, 0.3) is 0 Å². The third-order valence-corrected chi connectivity index (χ3v) is 3.42. The van der Waals surface area contributed by atoms with Crippen molar-refractivity contribution in [2.24, 2.45) is 11.7 Å². The summed E-state index contributed by atoms with van der Waals surface area (Å²) in [6.07, 6.45) is 0. The molecule has 0 radical (unpaired) electrons. The first-order valence-corrected chi connectivity index (χ1v) is 7.10. The van der Waals surface area contributed by atoms with Crippen molar-refractivity contribution in [2.45, 2.75) is 19.9 Å². The summed E-state index contributed by atoms with van der Waals surface area (Å²) in [7, 11) is 1.75. The molecule has 0 saturated heterocycles. The fraction of sp³-hybridized carbons (Fsp3) is 0.500. The van der Waals surface area contributed by atoms with Gasteiger partial charge >= 0.3 is 0 Å². The van der Waals surface area contributed by atoms with Crippen LogP contribution in [0.3, 0.4) is 0 Å². The SMILES string of the molecule is CC(C)C(N)C(=O)N(C)CCOc1ccc(Br)cc1.Cl. The molecule has 1 aromatic rings. The third-order valence-electron chi connectivity index (χ3n) is 2.89. The maximum atomic E-state index is 11.9. The molecule has 6 heteroatoms. The van der Waals surface area contributed by atoms with Gasteiger partial charge in [-0.3, -0.25) is 4.79 Å². The van der Waals surface area contributed by atoms with Gasteiger partial charge in [0, 0.05) is 11.5 Å². The maximum Gasteiger partial charge on any atom is 0.239 e. The van der Waals surface area contributed by atoms with E-state index in [1.54, 1.807) is 11.9 Å². The van der Waals surface area contributed by atoms with Gasteiger partial charge in [-0.2, -0.15) is 0 Å². The summed E-state index contributed by atoms with van der Waals surface area (Å²) in [6.45, 7) is 4.85. The number of carbonyl (C=O) groups is 1. The number of rotatable bonds is 6. The second-order valence-corrected chi connectivity index (χ2v) is 5.75. The number of halogens is 2. The van der Waals surface area contributed by atoms with Crippen LogP contribution >= 0.6 is 28.3 Å². The van der Waals surface area contributed by atoms with Crippen LogP contribution in [0.5, 0.6) is 5.75 Å². The fourth-order valence-corrected chi connectivity index (χ4v) is 1.75. The van der Waals surface area contributed by atoms with Crippen molar-refractivity contribution in [3.63, 3.8) is 0 Å². The van der Waals surface area contributed by atoms with E-state index in [9.17, 15) is 4.79 Å². The van der Waals surface area contributed by atoms with E-state index in [0.717, 1.165) is 10.2 Å². The lowest BCUT2D eigenvalue weighted by Crippen LogP contribution is -2.46. The molecule has 0 aliphatic heterocycles. The van der Waals surface area contributed by atoms with Crippen molar-refractivity contribution in [1.82, 2.24) is 4.90 Å². The molecule has 0 aromatic heterocycles. The quantitative estimate of drug-likeness (QED) is 0.843. The van der Waals surface area contributed by atoms with E-state index < -0.39 is 6.04 Å². The number of likely N-dealkylation sites (N-methyl/N-ethyl adjacent to an activating group) is 1. The molecule has 0 bridgehead atoms. The van der Waals surface area contributed by atoms with Crippen molar-refractivity contribution >= 4 is 34.2 Å². The largest absolute Gasteiger partial charge is 0.492 e. The van der Waals surface area contributed by atoms with Crippen LogP contribution in [0, 0.1) is 5.92 Å². The van der Waals surface area contributed by atoms with Crippen LogP contribution < -0.4 is 10.5 Å². The third kappa shape index (κ3) is 6.11. The van der Waals surface area contributed by atoms with E-state index >= 15 is 0 Å². The van der Waals surface area contributed by atoms with Gasteiger partial charge in [0.05, 0.1) is 12.6 Å². The van der Waals surface area contributed by atoms with E-state index in [1.807, 2.05) is 38.1 Å². The van der Waals surface area contributed by atoms with Crippen LogP contribution in [-0.4, -0.2) is 37.0 Å². The summed E-state index contributed by atoms with van der Waals surface area (Å²) in [5.74, 6) is 0.883. The normalized spacial score (nSPS) is 11.7. The Morgan fingerprint density at radius 1 is 1.35 bits per heavy atom. The Bertz CT molecular complexity index is 412. The lowest BCUT2D eigenvalue weighted by atomic mass is 10.0. The first-order chi connectivity index (χ1) is 8.91. The Hall–Kier alpha value is -0.780. The lowest BCUT2D eigenvalue weighted by Gasteiger charge is -2.23. The second-order valence-electron chi connectivity index (χ2n) is 4.83. The summed E-state index contributed by atoms with van der Waals surface area (Å²) >= 11 is 3.36. The Morgan fingerprint density at radius 3 is 2.40 bits per heavy atom. The standard InChI is InChI=1S/C14H21BrN2O2.ClH/c1-10(2)13(16)14(18)17(3)8-9-19-12-6-4-11(15)5-7-12;/h4-7,10,13H,8-9,16H2,1-3H3;1H. The minimum Gasteiger partial charge on any atom is -0.492 e. The summed E-state index contributed by atoms with van der Waals surface area (Å²) < 4.78 is 6.58. The molecular formula is C14H22BrClN2O2. The number of carbonyl (C=O) groups excluding carboxylic acids is 1. The average molecular weight is 366 g/mol. The van der Waals surface area contributed by atoms with Crippen LogP contribution in [0.2, 0.25) is 0 Å². The summed E-state index contributed by atoms with van der Waals surface area (Å²) in [5, 5.41) is 0. The monoisotopic (exact) mass is 364 g/mol. The van der Waals surface area contributed by atoms with Gasteiger partial charge in [0.1, 0.15) is 12.4 Å². The first kappa shape index (κ1) is 19.2. The molecule has 114 valence electrons. The summed E-state index contributed by atoms with van der Waals surface area (Å²) in [5.41, 5.74) is 5.82. The van der Waals surface area contributed by atoms with Gasteiger partial charge in [-0.15, -0.1) is 12.4 Å². The highest BCUT2D eigenvalue weighted by Gasteiger charge is 2.20. The predicted molar refractivity (Wildman–Crippen MR) is 87.3 cm³/mol. The molecule has 2 N–H and O–H groups in total. The van der Waals surface area contributed by atoms with Crippen molar-refractivity contribution in [1.29, 1.82) is 0 Å². The van der Waals surface area contributed by atoms with Crippen LogP contribution in [-0.2, 0) is 4.79 Å². The molecule has 0 saturated carbocycles. The number of hydrogen-bond donors (Lipinski definition) is 1. The smallest absolute Gasteiger partial charge is 0.239 e. The van der Waals surface area contributed by atoms with Gasteiger partial charge in [0.15, 0.2) is 0 Å². The minimum absolute atomic E-state index is 0. The number of nitrogens with two attached hydrogens (primary N) is 1. The fourth-order valence-electron chi connectivity index (χ4n) is 1.48. The topological polar surface area (TPSA) is 55.6 Å². The Kier molecular flexibility index (Phi) is 8.85. The Labute approximate surface area is 135 Å². The van der Waals surface area contributed by atoms with E-state index in [0.29, 0.717) is 13.2 Å². The van der Waals surface area contributed by atoms with Gasteiger partial charge in [-0.25, -0.2) is 0 Å². The molecule has 1 amide bonds. The molecule has 1 rings (SSSR count). The van der Waals surface area contributed by atoms with E-state index in [2.05, 4.69) is 15.9 Å². The molecule has 0 fully saturated rings. The molecule has 0 heterocycles. The molecule has 1 unspecified atom stereocenters. The van der Waals surface area contributed by atoms with E-state index in [4.69, 9.17) is 10.5 Å². The van der Waals surface area contributed by atoms with Gasteiger partial charge in [0.25, 0.3) is 0 Å². The number of benzene rings is 1. The molecule has 4 nitrogen and oxygen atoms in total. The molecule has 0 aliphatic carbocycles. The number of hydrogen-bond acceptors (Lipinski definition) is 3. The van der Waals surface area contributed by atoms with E-state index in [-0.39, 0.29) is 24.2 Å². The van der Waals surface area contributed by atoms with Crippen molar-refractivity contribution < 1.29 is 9.53 Å². The zero-order valence-electron chi connectivity index (χ0n) is 12.0. The van der Waals surface area contributed by atoms with Gasteiger partial charge in [-0.05, 0) is 30.2 Å². The molecule has 0 aliphatic rings. The highest BCUT2D eigenvalue weighted by molar-refractivity contribution is 9.10. The highest BCUT2D eigenvalue weighted by atomic mass is 79.9. The van der Waals surface area contributed by atoms with Gasteiger partial charge in [-0.1, -0.05) is 29.8 Å². The minimum atomic E-state index is -0.447. The zero-order chi connectivity index (χ0) is 14.4. The molecule has 20 heavy (non-hydrogen) atoms. The van der Waals surface area contributed by atoms with Crippen LogP contribution in [0.4, 0.5) is 0 Å². The predicted octanol–water partition coefficient (Wildman–Crippen LogP) is 2.69. The zero-order valence-corrected chi connectivity index (χ0v) is 14.4. The van der Waals surface area contributed by atoms with E-state index in [1.165, 1.54) is 0 Å². The maximum absolute atomic E-state index is 11.9. The molecular weight excluding hydrogens is 344 g/mol. The number of ether oxygens (including phenoxy) is 1. The number of nitrogens with zero attached hydrogens (tertiary/aromatic N) is 1. The van der Waals surface area contributed by atoms with Crippen molar-refractivity contribution in [3.8, 4) is 5.75 Å². The average Bonchev–Trinajstić information content (AvgIpc) is 2.39. The van der Waals surface area contributed by atoms with Crippen LogP contribution in [0.1, 0.15) is 13.8 Å².